The van der Waals surface area contributed by atoms with Gasteiger partial charge in [-0.15, -0.1) is 0 Å². The molecule has 1 unspecified atom stereocenters. The molecule has 0 saturated carbocycles. The molecule has 28 heavy (non-hydrogen) atoms. The molecule has 0 aromatic heterocycles. The van der Waals surface area contributed by atoms with Gasteiger partial charge in [-0.2, -0.15) is 0 Å². The fourth-order valence-electron chi connectivity index (χ4n) is 2.69. The monoisotopic (exact) mass is 389 g/mol. The van der Waals surface area contributed by atoms with Crippen molar-refractivity contribution in [2.45, 2.75) is 25.5 Å². The van der Waals surface area contributed by atoms with Crippen molar-refractivity contribution in [2.24, 2.45) is 4.99 Å². The number of guanidine groups is 1. The molecular weight excluding hydrogens is 358 g/mol. The van der Waals surface area contributed by atoms with E-state index in [2.05, 4.69) is 15.6 Å². The molecule has 0 radical (unpaired) electrons. The maximum absolute atomic E-state index is 12.0. The van der Waals surface area contributed by atoms with Crippen LogP contribution in [-0.2, 0) is 16.1 Å². The number of carbonyl (C=O) groups excluding carboxylic acids is 2. The molecule has 1 saturated heterocycles. The van der Waals surface area contributed by atoms with Gasteiger partial charge in [-0.3, -0.25) is 9.59 Å². The van der Waals surface area contributed by atoms with E-state index in [4.69, 9.17) is 4.74 Å². The standard InChI is InChI=1S/C20H31N5O3/c1-24(2)18(26)14-23-20(22-13-17-6-5-11-28-17)21-12-15-7-9-16(10-8-15)19(27)25(3)4/h7-10,17H,5-6,11-14H2,1-4H3,(H2,21,22,23). The van der Waals surface area contributed by atoms with E-state index in [1.54, 1.807) is 45.2 Å². The van der Waals surface area contributed by atoms with Crippen LogP contribution in [0.15, 0.2) is 29.3 Å². The van der Waals surface area contributed by atoms with Gasteiger partial charge in [-0.1, -0.05) is 12.1 Å². The summed E-state index contributed by atoms with van der Waals surface area (Å²) in [7, 11) is 6.90. The largest absolute Gasteiger partial charge is 0.376 e. The smallest absolute Gasteiger partial charge is 0.253 e. The molecule has 0 bridgehead atoms. The van der Waals surface area contributed by atoms with Crippen molar-refractivity contribution in [1.82, 2.24) is 20.4 Å². The number of rotatable bonds is 7. The van der Waals surface area contributed by atoms with Crippen LogP contribution in [0.5, 0.6) is 0 Å². The lowest BCUT2D eigenvalue weighted by Gasteiger charge is -2.17. The number of nitrogens with zero attached hydrogens (tertiary/aromatic N) is 3. The quantitative estimate of drug-likeness (QED) is 0.529. The molecule has 1 fully saturated rings. The Bertz CT molecular complexity index is 680. The molecule has 1 aliphatic heterocycles. The van der Waals surface area contributed by atoms with E-state index in [1.807, 2.05) is 12.1 Å². The maximum Gasteiger partial charge on any atom is 0.253 e. The van der Waals surface area contributed by atoms with Crippen LogP contribution < -0.4 is 10.6 Å². The van der Waals surface area contributed by atoms with Gasteiger partial charge in [-0.05, 0) is 30.5 Å². The Morgan fingerprint density at radius 3 is 2.39 bits per heavy atom. The zero-order chi connectivity index (χ0) is 20.5. The average molecular weight is 390 g/mol. The van der Waals surface area contributed by atoms with Crippen LogP contribution in [0.2, 0.25) is 0 Å². The van der Waals surface area contributed by atoms with Crippen LogP contribution >= 0.6 is 0 Å². The van der Waals surface area contributed by atoms with Crippen LogP contribution in [0.1, 0.15) is 28.8 Å². The van der Waals surface area contributed by atoms with E-state index in [9.17, 15) is 9.59 Å². The molecule has 1 atom stereocenters. The highest BCUT2D eigenvalue weighted by Gasteiger charge is 2.16. The Morgan fingerprint density at radius 2 is 1.82 bits per heavy atom. The Kier molecular flexibility index (Phi) is 8.25. The minimum Gasteiger partial charge on any atom is -0.376 e. The third kappa shape index (κ3) is 6.84. The molecule has 1 heterocycles. The number of aliphatic imine (C=N–C) groups is 1. The average Bonchev–Trinajstić information content (AvgIpc) is 3.20. The molecule has 154 valence electrons. The second kappa shape index (κ2) is 10.7. The summed E-state index contributed by atoms with van der Waals surface area (Å²) in [5.74, 6) is 0.509. The third-order valence-electron chi connectivity index (χ3n) is 4.45. The first kappa shape index (κ1) is 21.7. The Labute approximate surface area is 166 Å². The lowest BCUT2D eigenvalue weighted by Crippen LogP contribution is -2.45. The summed E-state index contributed by atoms with van der Waals surface area (Å²) in [6, 6.07) is 7.39. The Balaban J connectivity index is 1.98. The fourth-order valence-corrected chi connectivity index (χ4v) is 2.69. The number of ether oxygens (including phenoxy) is 1. The topological polar surface area (TPSA) is 86.3 Å². The van der Waals surface area contributed by atoms with Crippen LogP contribution in [0.4, 0.5) is 0 Å². The van der Waals surface area contributed by atoms with E-state index < -0.39 is 0 Å². The minimum absolute atomic E-state index is 0.0295. The molecule has 0 aliphatic carbocycles. The normalized spacial score (nSPS) is 16.6. The summed E-state index contributed by atoms with van der Waals surface area (Å²) in [4.78, 5) is 31.5. The van der Waals surface area contributed by atoms with Crippen molar-refractivity contribution >= 4 is 17.8 Å². The van der Waals surface area contributed by atoms with Crippen LogP contribution in [0.3, 0.4) is 0 Å². The zero-order valence-electron chi connectivity index (χ0n) is 17.2. The van der Waals surface area contributed by atoms with Gasteiger partial charge in [0.2, 0.25) is 5.91 Å². The molecule has 0 spiro atoms. The molecule has 2 amide bonds. The zero-order valence-corrected chi connectivity index (χ0v) is 17.2. The van der Waals surface area contributed by atoms with Crippen molar-refractivity contribution in [3.63, 3.8) is 0 Å². The number of nitrogens with one attached hydrogen (secondary N) is 2. The highest BCUT2D eigenvalue weighted by atomic mass is 16.5. The first-order chi connectivity index (χ1) is 13.4. The number of hydrogen-bond donors (Lipinski definition) is 2. The van der Waals surface area contributed by atoms with Gasteiger partial charge in [0.25, 0.3) is 5.91 Å². The summed E-state index contributed by atoms with van der Waals surface area (Å²) in [5.41, 5.74) is 1.62. The number of carbonyl (C=O) groups is 2. The van der Waals surface area contributed by atoms with Gasteiger partial charge in [0.15, 0.2) is 5.96 Å². The van der Waals surface area contributed by atoms with Crippen molar-refractivity contribution < 1.29 is 14.3 Å². The second-order valence-electron chi connectivity index (χ2n) is 7.22. The first-order valence-electron chi connectivity index (χ1n) is 9.51. The number of likely N-dealkylation sites (N-methyl/N-ethyl adjacent to an activating group) is 1. The molecule has 2 N–H and O–H groups in total. The highest BCUT2D eigenvalue weighted by molar-refractivity contribution is 5.93. The van der Waals surface area contributed by atoms with Crippen molar-refractivity contribution in [3.05, 3.63) is 35.4 Å². The van der Waals surface area contributed by atoms with E-state index in [1.165, 1.54) is 4.90 Å². The number of hydrogen-bond acceptors (Lipinski definition) is 4. The highest BCUT2D eigenvalue weighted by Crippen LogP contribution is 2.10. The summed E-state index contributed by atoms with van der Waals surface area (Å²) >= 11 is 0. The van der Waals surface area contributed by atoms with E-state index in [0.29, 0.717) is 24.6 Å². The van der Waals surface area contributed by atoms with Crippen LogP contribution in [-0.4, -0.2) is 81.6 Å². The molecule has 8 nitrogen and oxygen atoms in total. The van der Waals surface area contributed by atoms with Crippen LogP contribution in [0.25, 0.3) is 0 Å². The van der Waals surface area contributed by atoms with Gasteiger partial charge in [0.1, 0.15) is 0 Å². The molecule has 1 aromatic rings. The number of amides is 2. The van der Waals surface area contributed by atoms with E-state index >= 15 is 0 Å². The molecule has 8 heteroatoms. The van der Waals surface area contributed by atoms with E-state index in [0.717, 1.165) is 25.0 Å². The number of benzene rings is 1. The minimum atomic E-state index is -0.0298. The first-order valence-corrected chi connectivity index (χ1v) is 9.51. The van der Waals surface area contributed by atoms with Gasteiger partial charge >= 0.3 is 0 Å². The Morgan fingerprint density at radius 1 is 1.11 bits per heavy atom. The lowest BCUT2D eigenvalue weighted by atomic mass is 10.1. The van der Waals surface area contributed by atoms with Gasteiger partial charge in [0, 0.05) is 46.9 Å². The molecule has 1 aliphatic rings. The van der Waals surface area contributed by atoms with Gasteiger partial charge in [-0.25, -0.2) is 4.99 Å². The van der Waals surface area contributed by atoms with Crippen molar-refractivity contribution in [3.8, 4) is 0 Å². The predicted octanol–water partition coefficient (Wildman–Crippen LogP) is 0.691. The third-order valence-corrected chi connectivity index (χ3v) is 4.45. The lowest BCUT2D eigenvalue weighted by molar-refractivity contribution is -0.127. The van der Waals surface area contributed by atoms with E-state index in [-0.39, 0.29) is 24.5 Å². The van der Waals surface area contributed by atoms with Gasteiger partial charge in [0.05, 0.1) is 19.2 Å². The summed E-state index contributed by atoms with van der Waals surface area (Å²) < 4.78 is 5.63. The Hall–Kier alpha value is -2.61. The summed E-state index contributed by atoms with van der Waals surface area (Å²) in [6.07, 6.45) is 2.27. The second-order valence-corrected chi connectivity index (χ2v) is 7.22. The fraction of sp³-hybridized carbons (Fsp3) is 0.550. The predicted molar refractivity (Wildman–Crippen MR) is 109 cm³/mol. The van der Waals surface area contributed by atoms with Gasteiger partial charge < -0.3 is 25.2 Å². The summed E-state index contributed by atoms with van der Waals surface area (Å²) in [5, 5.41) is 6.32. The molecule has 2 rings (SSSR count). The van der Waals surface area contributed by atoms with Crippen molar-refractivity contribution in [2.75, 3.05) is 47.9 Å². The van der Waals surface area contributed by atoms with Crippen LogP contribution in [0, 0.1) is 0 Å². The van der Waals surface area contributed by atoms with Crippen molar-refractivity contribution in [1.29, 1.82) is 0 Å². The molecule has 1 aromatic carbocycles. The maximum atomic E-state index is 12.0. The summed E-state index contributed by atoms with van der Waals surface area (Å²) in [6.45, 7) is 2.05. The molecular formula is C20H31N5O3. The SMILES string of the molecule is CN(C)C(=O)CNC(=NCc1ccc(C(=O)N(C)C)cc1)NCC1CCCO1.